The molecule has 2 aromatic heterocycles. The minimum absolute atomic E-state index is 0.548. The highest BCUT2D eigenvalue weighted by atomic mass is 32.1. The number of aromatic nitrogens is 3. The Balaban J connectivity index is 1.90. The third kappa shape index (κ3) is 3.00. The largest absolute Gasteiger partial charge is 0.373 e. The number of thiazole rings is 1. The molecule has 3 rings (SSSR count). The van der Waals surface area contributed by atoms with Crippen LogP contribution < -0.4 is 10.2 Å². The molecular formula is C15H21N5S. The first-order valence-electron chi connectivity index (χ1n) is 7.27. The zero-order valence-corrected chi connectivity index (χ0v) is 13.8. The Kier molecular flexibility index (Phi) is 3.80. The van der Waals surface area contributed by atoms with Gasteiger partial charge in [-0.3, -0.25) is 0 Å². The molecule has 0 aromatic carbocycles. The van der Waals surface area contributed by atoms with E-state index in [9.17, 15) is 0 Å². The molecule has 0 saturated heterocycles. The number of rotatable bonds is 5. The van der Waals surface area contributed by atoms with Crippen molar-refractivity contribution in [1.82, 2.24) is 15.0 Å². The molecule has 5 nitrogen and oxygen atoms in total. The van der Waals surface area contributed by atoms with Crippen LogP contribution >= 0.6 is 11.3 Å². The Bertz CT molecular complexity index is 648. The fraction of sp³-hybridized carbons (Fsp3) is 0.533. The van der Waals surface area contributed by atoms with Gasteiger partial charge in [0.2, 0.25) is 0 Å². The van der Waals surface area contributed by atoms with E-state index in [1.165, 1.54) is 12.8 Å². The molecule has 1 aliphatic rings. The molecule has 1 aliphatic carbocycles. The summed E-state index contributed by atoms with van der Waals surface area (Å²) in [6, 6.07) is 0. The summed E-state index contributed by atoms with van der Waals surface area (Å²) in [4.78, 5) is 16.1. The molecule has 0 unspecified atom stereocenters. The van der Waals surface area contributed by atoms with E-state index in [0.717, 1.165) is 40.3 Å². The lowest BCUT2D eigenvalue weighted by molar-refractivity contribution is 0.832. The van der Waals surface area contributed by atoms with Crippen LogP contribution in [-0.4, -0.2) is 29.0 Å². The Morgan fingerprint density at radius 3 is 2.62 bits per heavy atom. The van der Waals surface area contributed by atoms with Crippen molar-refractivity contribution in [3.8, 4) is 0 Å². The lowest BCUT2D eigenvalue weighted by atomic mass is 10.2. The average Bonchev–Trinajstić information content (AvgIpc) is 3.23. The van der Waals surface area contributed by atoms with Gasteiger partial charge in [-0.15, -0.1) is 11.3 Å². The molecule has 21 heavy (non-hydrogen) atoms. The first-order valence-corrected chi connectivity index (χ1v) is 8.15. The molecular weight excluding hydrogens is 282 g/mol. The molecule has 0 bridgehead atoms. The Labute approximate surface area is 129 Å². The molecule has 0 spiro atoms. The summed E-state index contributed by atoms with van der Waals surface area (Å²) in [5.74, 6) is 3.46. The van der Waals surface area contributed by atoms with Gasteiger partial charge in [0.15, 0.2) is 0 Å². The van der Waals surface area contributed by atoms with Crippen molar-refractivity contribution in [2.45, 2.75) is 39.2 Å². The maximum atomic E-state index is 4.80. The molecule has 0 amide bonds. The molecule has 2 aromatic rings. The summed E-state index contributed by atoms with van der Waals surface area (Å²) in [6.07, 6.45) is 2.42. The third-order valence-corrected chi connectivity index (χ3v) is 4.57. The van der Waals surface area contributed by atoms with Crippen molar-refractivity contribution >= 4 is 23.0 Å². The molecule has 6 heteroatoms. The van der Waals surface area contributed by atoms with E-state index in [1.807, 2.05) is 14.0 Å². The highest BCUT2D eigenvalue weighted by molar-refractivity contribution is 7.09. The summed E-state index contributed by atoms with van der Waals surface area (Å²) in [7, 11) is 3.99. The number of anilines is 2. The van der Waals surface area contributed by atoms with Crippen molar-refractivity contribution in [3.63, 3.8) is 0 Å². The number of hydrogen-bond donors (Lipinski definition) is 1. The number of nitrogens with zero attached hydrogens (tertiary/aromatic N) is 4. The van der Waals surface area contributed by atoms with Crippen molar-refractivity contribution in [2.75, 3.05) is 24.3 Å². The van der Waals surface area contributed by atoms with Gasteiger partial charge in [0.05, 0.1) is 17.2 Å². The third-order valence-electron chi connectivity index (χ3n) is 3.74. The highest BCUT2D eigenvalue weighted by Crippen LogP contribution is 2.40. The predicted octanol–water partition coefficient (Wildman–Crippen LogP) is 3.11. The van der Waals surface area contributed by atoms with Crippen molar-refractivity contribution < 1.29 is 0 Å². The van der Waals surface area contributed by atoms with E-state index in [1.54, 1.807) is 11.3 Å². The summed E-state index contributed by atoms with van der Waals surface area (Å²) in [5.41, 5.74) is 2.19. The second-order valence-electron chi connectivity index (χ2n) is 5.62. The fourth-order valence-electron chi connectivity index (χ4n) is 2.46. The summed E-state index contributed by atoms with van der Waals surface area (Å²) < 4.78 is 0. The van der Waals surface area contributed by atoms with E-state index in [0.29, 0.717) is 5.92 Å². The Morgan fingerprint density at radius 2 is 2.05 bits per heavy atom. The van der Waals surface area contributed by atoms with Gasteiger partial charge in [-0.25, -0.2) is 15.0 Å². The highest BCUT2D eigenvalue weighted by Gasteiger charge is 2.28. The second-order valence-corrected chi connectivity index (χ2v) is 6.68. The Hall–Kier alpha value is -1.69. The molecule has 0 atom stereocenters. The van der Waals surface area contributed by atoms with Gasteiger partial charge >= 0.3 is 0 Å². The standard InChI is InChI=1S/C15H21N5S/c1-9-13(16-3)18-14(11-5-6-11)19-15(9)20(4)7-12-8-21-10(2)17-12/h8,11H,5-7H2,1-4H3,(H,16,18,19). The first kappa shape index (κ1) is 14.3. The maximum Gasteiger partial charge on any atom is 0.137 e. The van der Waals surface area contributed by atoms with Crippen molar-refractivity contribution in [2.24, 2.45) is 0 Å². The molecule has 0 aliphatic heterocycles. The molecule has 2 heterocycles. The minimum Gasteiger partial charge on any atom is -0.373 e. The zero-order valence-electron chi connectivity index (χ0n) is 13.0. The van der Waals surface area contributed by atoms with Crippen LogP contribution in [0.4, 0.5) is 11.6 Å². The van der Waals surface area contributed by atoms with Crippen LogP contribution in [0, 0.1) is 13.8 Å². The van der Waals surface area contributed by atoms with Crippen LogP contribution in [0.1, 0.15) is 40.8 Å². The van der Waals surface area contributed by atoms with Gasteiger partial charge in [-0.1, -0.05) is 0 Å². The topological polar surface area (TPSA) is 53.9 Å². The van der Waals surface area contributed by atoms with Gasteiger partial charge in [-0.2, -0.15) is 0 Å². The van der Waals surface area contributed by atoms with Gasteiger partial charge < -0.3 is 10.2 Å². The van der Waals surface area contributed by atoms with Crippen molar-refractivity contribution in [1.29, 1.82) is 0 Å². The summed E-state index contributed by atoms with van der Waals surface area (Å²) in [5, 5.41) is 6.41. The lowest BCUT2D eigenvalue weighted by Gasteiger charge is -2.21. The number of aryl methyl sites for hydroxylation is 1. The van der Waals surface area contributed by atoms with Crippen LogP contribution in [0.5, 0.6) is 0 Å². The molecule has 1 fully saturated rings. The van der Waals surface area contributed by atoms with Gasteiger partial charge in [0.25, 0.3) is 0 Å². The minimum atomic E-state index is 0.548. The summed E-state index contributed by atoms with van der Waals surface area (Å²) in [6.45, 7) is 4.88. The van der Waals surface area contributed by atoms with E-state index >= 15 is 0 Å². The molecule has 112 valence electrons. The summed E-state index contributed by atoms with van der Waals surface area (Å²) >= 11 is 1.69. The molecule has 1 saturated carbocycles. The second kappa shape index (κ2) is 5.60. The van der Waals surface area contributed by atoms with Crippen LogP contribution in [0.3, 0.4) is 0 Å². The molecule has 0 radical (unpaired) electrons. The van der Waals surface area contributed by atoms with Crippen molar-refractivity contribution in [3.05, 3.63) is 27.5 Å². The van der Waals surface area contributed by atoms with E-state index in [2.05, 4.69) is 39.5 Å². The maximum absolute atomic E-state index is 4.80. The zero-order chi connectivity index (χ0) is 15.0. The van der Waals surface area contributed by atoms with E-state index < -0.39 is 0 Å². The van der Waals surface area contributed by atoms with E-state index in [4.69, 9.17) is 4.98 Å². The normalized spacial score (nSPS) is 14.3. The predicted molar refractivity (Wildman–Crippen MR) is 87.2 cm³/mol. The van der Waals surface area contributed by atoms with Crippen LogP contribution in [0.15, 0.2) is 5.38 Å². The van der Waals surface area contributed by atoms with E-state index in [-0.39, 0.29) is 0 Å². The smallest absolute Gasteiger partial charge is 0.137 e. The first-order chi connectivity index (χ1) is 10.1. The monoisotopic (exact) mass is 303 g/mol. The molecule has 1 N–H and O–H groups in total. The van der Waals surface area contributed by atoms with Crippen LogP contribution in [-0.2, 0) is 6.54 Å². The Morgan fingerprint density at radius 1 is 1.29 bits per heavy atom. The van der Waals surface area contributed by atoms with Crippen LogP contribution in [0.2, 0.25) is 0 Å². The quantitative estimate of drug-likeness (QED) is 0.920. The van der Waals surface area contributed by atoms with Gasteiger partial charge in [0, 0.05) is 31.0 Å². The number of hydrogen-bond acceptors (Lipinski definition) is 6. The van der Waals surface area contributed by atoms with Gasteiger partial charge in [-0.05, 0) is 26.7 Å². The average molecular weight is 303 g/mol. The number of nitrogens with one attached hydrogen (secondary N) is 1. The van der Waals surface area contributed by atoms with Gasteiger partial charge in [0.1, 0.15) is 17.5 Å². The fourth-order valence-corrected chi connectivity index (χ4v) is 3.06. The lowest BCUT2D eigenvalue weighted by Crippen LogP contribution is -2.21. The van der Waals surface area contributed by atoms with Crippen LogP contribution in [0.25, 0.3) is 0 Å². The SMILES string of the molecule is CNc1nc(C2CC2)nc(N(C)Cc2csc(C)n2)c1C.